The summed E-state index contributed by atoms with van der Waals surface area (Å²) in [6.07, 6.45) is 42.2. The lowest BCUT2D eigenvalue weighted by atomic mass is 10.1. The Hall–Kier alpha value is -1.95. The van der Waals surface area contributed by atoms with Gasteiger partial charge >= 0.3 is 0 Å². The van der Waals surface area contributed by atoms with E-state index in [1.54, 1.807) is 6.08 Å². The molecular formula is C38H67NO4. The number of hydrogen-bond donors (Lipinski definition) is 4. The number of nitrogens with one attached hydrogen (secondary N) is 1. The van der Waals surface area contributed by atoms with E-state index in [2.05, 4.69) is 67.8 Å². The Morgan fingerprint density at radius 3 is 1.60 bits per heavy atom. The summed E-state index contributed by atoms with van der Waals surface area (Å²) in [5, 5.41) is 32.8. The largest absolute Gasteiger partial charge is 0.394 e. The molecule has 1 amide bonds. The molecule has 0 fully saturated rings. The van der Waals surface area contributed by atoms with Crippen molar-refractivity contribution in [1.29, 1.82) is 0 Å². The minimum atomic E-state index is -1.12. The first-order valence-corrected chi connectivity index (χ1v) is 17.6. The van der Waals surface area contributed by atoms with Crippen molar-refractivity contribution in [2.75, 3.05) is 6.61 Å². The van der Waals surface area contributed by atoms with Gasteiger partial charge in [0.25, 0.3) is 0 Å². The van der Waals surface area contributed by atoms with Crippen molar-refractivity contribution in [3.63, 3.8) is 0 Å². The molecular weight excluding hydrogens is 534 g/mol. The first-order valence-electron chi connectivity index (χ1n) is 17.6. The Kier molecular flexibility index (Phi) is 31.5. The average molecular weight is 602 g/mol. The first kappa shape index (κ1) is 41.0. The number of allylic oxidation sites excluding steroid dienone is 9. The highest BCUT2D eigenvalue weighted by Crippen LogP contribution is 2.11. The van der Waals surface area contributed by atoms with Crippen LogP contribution in [0.15, 0.2) is 60.8 Å². The Balaban J connectivity index is 3.91. The quantitative estimate of drug-likeness (QED) is 0.0375. The summed E-state index contributed by atoms with van der Waals surface area (Å²) in [4.78, 5) is 12.4. The van der Waals surface area contributed by atoms with Gasteiger partial charge < -0.3 is 20.6 Å². The zero-order valence-electron chi connectivity index (χ0n) is 27.8. The number of amides is 1. The molecule has 5 nitrogen and oxygen atoms in total. The molecule has 0 aliphatic rings. The molecule has 3 atom stereocenters. The molecule has 248 valence electrons. The second-order valence-corrected chi connectivity index (χ2v) is 11.7. The summed E-state index contributed by atoms with van der Waals surface area (Å²) < 4.78 is 0. The standard InChI is InChI=1S/C38H67NO4/c1-3-5-7-9-11-13-15-17-19-21-22-24-26-28-30-32-36(41)35(34-40)39-38(43)37(42)33-31-29-27-25-23-20-18-16-14-12-10-8-6-4-2/h12,14-18,22,24,30,32,35-37,40-42H,3-11,13,19-21,23,25-29,31,33-34H2,1-2H3,(H,39,43)/b14-12-,17-15+,18-16-,24-22+,32-30+. The molecule has 0 saturated heterocycles. The number of rotatable bonds is 30. The van der Waals surface area contributed by atoms with E-state index in [1.165, 1.54) is 57.8 Å². The summed E-state index contributed by atoms with van der Waals surface area (Å²) in [5.74, 6) is -0.534. The zero-order valence-corrected chi connectivity index (χ0v) is 27.8. The van der Waals surface area contributed by atoms with Crippen molar-refractivity contribution >= 4 is 5.91 Å². The van der Waals surface area contributed by atoms with Crippen LogP contribution in [0.25, 0.3) is 0 Å². The monoisotopic (exact) mass is 602 g/mol. The number of hydrogen-bond acceptors (Lipinski definition) is 4. The molecule has 0 aliphatic heterocycles. The molecule has 0 bridgehead atoms. The molecule has 0 rings (SSSR count). The number of aliphatic hydroxyl groups is 3. The Labute approximate surface area is 265 Å². The van der Waals surface area contributed by atoms with Crippen LogP contribution in [0.1, 0.15) is 149 Å². The van der Waals surface area contributed by atoms with Crippen LogP contribution in [0.4, 0.5) is 0 Å². The molecule has 0 heterocycles. The maximum Gasteiger partial charge on any atom is 0.249 e. The Morgan fingerprint density at radius 2 is 1.02 bits per heavy atom. The van der Waals surface area contributed by atoms with E-state index in [0.717, 1.165) is 70.6 Å². The summed E-state index contributed by atoms with van der Waals surface area (Å²) in [7, 11) is 0. The van der Waals surface area contributed by atoms with Crippen molar-refractivity contribution in [1.82, 2.24) is 5.32 Å². The van der Waals surface area contributed by atoms with E-state index in [1.807, 2.05) is 6.08 Å². The number of aliphatic hydroxyl groups excluding tert-OH is 3. The van der Waals surface area contributed by atoms with Gasteiger partial charge in [0.05, 0.1) is 18.8 Å². The summed E-state index contributed by atoms with van der Waals surface area (Å²) in [5.41, 5.74) is 0. The minimum absolute atomic E-state index is 0.389. The van der Waals surface area contributed by atoms with Crippen LogP contribution < -0.4 is 5.32 Å². The zero-order chi connectivity index (χ0) is 31.6. The minimum Gasteiger partial charge on any atom is -0.394 e. The fraction of sp³-hybridized carbons (Fsp3) is 0.711. The highest BCUT2D eigenvalue weighted by atomic mass is 16.3. The normalized spacial score (nSPS) is 14.6. The van der Waals surface area contributed by atoms with Gasteiger partial charge in [-0.25, -0.2) is 0 Å². The summed E-state index contributed by atoms with van der Waals surface area (Å²) in [6.45, 7) is 4.08. The number of carbonyl (C=O) groups excluding carboxylic acids is 1. The fourth-order valence-corrected chi connectivity index (χ4v) is 4.73. The molecule has 0 aromatic heterocycles. The lowest BCUT2D eigenvalue weighted by Crippen LogP contribution is -2.48. The third-order valence-electron chi connectivity index (χ3n) is 7.59. The maximum atomic E-state index is 12.4. The third-order valence-corrected chi connectivity index (χ3v) is 7.59. The van der Waals surface area contributed by atoms with Gasteiger partial charge in [-0.1, -0.05) is 139 Å². The molecule has 0 aromatic carbocycles. The summed E-state index contributed by atoms with van der Waals surface area (Å²) in [6, 6.07) is -0.827. The predicted octanol–water partition coefficient (Wildman–Crippen LogP) is 9.20. The average Bonchev–Trinajstić information content (AvgIpc) is 3.01. The predicted molar refractivity (Wildman–Crippen MR) is 185 cm³/mol. The summed E-state index contributed by atoms with van der Waals surface area (Å²) >= 11 is 0. The van der Waals surface area contributed by atoms with Crippen LogP contribution in [-0.4, -0.2) is 46.1 Å². The van der Waals surface area contributed by atoms with E-state index in [4.69, 9.17) is 0 Å². The van der Waals surface area contributed by atoms with E-state index < -0.39 is 24.2 Å². The van der Waals surface area contributed by atoms with Gasteiger partial charge in [-0.05, 0) is 70.6 Å². The highest BCUT2D eigenvalue weighted by Gasteiger charge is 2.22. The van der Waals surface area contributed by atoms with Crippen LogP contribution in [0, 0.1) is 0 Å². The fourth-order valence-electron chi connectivity index (χ4n) is 4.73. The maximum absolute atomic E-state index is 12.4. The number of unbranched alkanes of at least 4 members (excludes halogenated alkanes) is 15. The van der Waals surface area contributed by atoms with Gasteiger partial charge in [-0.2, -0.15) is 0 Å². The van der Waals surface area contributed by atoms with Crippen LogP contribution in [0.2, 0.25) is 0 Å². The smallest absolute Gasteiger partial charge is 0.249 e. The molecule has 0 aliphatic carbocycles. The lowest BCUT2D eigenvalue weighted by Gasteiger charge is -2.21. The van der Waals surface area contributed by atoms with Gasteiger partial charge in [0.15, 0.2) is 0 Å². The highest BCUT2D eigenvalue weighted by molar-refractivity contribution is 5.80. The molecule has 5 heteroatoms. The molecule has 43 heavy (non-hydrogen) atoms. The van der Waals surface area contributed by atoms with Crippen molar-refractivity contribution in [3.8, 4) is 0 Å². The van der Waals surface area contributed by atoms with Crippen molar-refractivity contribution in [2.24, 2.45) is 0 Å². The molecule has 0 aromatic rings. The van der Waals surface area contributed by atoms with Crippen molar-refractivity contribution < 1.29 is 20.1 Å². The van der Waals surface area contributed by atoms with Crippen molar-refractivity contribution in [2.45, 2.75) is 167 Å². The number of carbonyl (C=O) groups is 1. The second-order valence-electron chi connectivity index (χ2n) is 11.7. The molecule has 0 saturated carbocycles. The van der Waals surface area contributed by atoms with Crippen LogP contribution in [0.5, 0.6) is 0 Å². The van der Waals surface area contributed by atoms with E-state index in [-0.39, 0.29) is 6.61 Å². The molecule has 0 radical (unpaired) electrons. The van der Waals surface area contributed by atoms with Crippen LogP contribution >= 0.6 is 0 Å². The first-order chi connectivity index (χ1) is 21.1. The van der Waals surface area contributed by atoms with Gasteiger partial charge in [0.1, 0.15) is 6.10 Å². The lowest BCUT2D eigenvalue weighted by molar-refractivity contribution is -0.131. The van der Waals surface area contributed by atoms with Crippen molar-refractivity contribution in [3.05, 3.63) is 60.8 Å². The Bertz CT molecular complexity index is 755. The second kappa shape index (κ2) is 33.0. The van der Waals surface area contributed by atoms with Gasteiger partial charge in [-0.3, -0.25) is 4.79 Å². The van der Waals surface area contributed by atoms with Crippen LogP contribution in [-0.2, 0) is 4.79 Å². The van der Waals surface area contributed by atoms with Gasteiger partial charge in [-0.15, -0.1) is 0 Å². The van der Waals surface area contributed by atoms with E-state index in [0.29, 0.717) is 6.42 Å². The topological polar surface area (TPSA) is 89.8 Å². The van der Waals surface area contributed by atoms with Gasteiger partial charge in [0.2, 0.25) is 5.91 Å². The third kappa shape index (κ3) is 28.6. The molecule has 3 unspecified atom stereocenters. The molecule has 0 spiro atoms. The van der Waals surface area contributed by atoms with Crippen LogP contribution in [0.3, 0.4) is 0 Å². The SMILES string of the molecule is CCCCC/C=C\C=C/CCCCCCCC(O)C(=O)NC(CO)C(O)/C=C/CC/C=C/CC/C=C/CCCCCCC. The molecule has 4 N–H and O–H groups in total. The van der Waals surface area contributed by atoms with E-state index in [9.17, 15) is 20.1 Å². The van der Waals surface area contributed by atoms with Gasteiger partial charge in [0, 0.05) is 0 Å². The van der Waals surface area contributed by atoms with E-state index >= 15 is 0 Å². The Morgan fingerprint density at radius 1 is 0.581 bits per heavy atom.